The summed E-state index contributed by atoms with van der Waals surface area (Å²) in [5, 5.41) is 0. The van der Waals surface area contributed by atoms with Crippen molar-refractivity contribution in [3.8, 4) is 17.2 Å². The molecule has 2 aromatic rings. The van der Waals surface area contributed by atoms with Crippen molar-refractivity contribution in [1.82, 2.24) is 0 Å². The van der Waals surface area contributed by atoms with Gasteiger partial charge in [0, 0.05) is 6.07 Å². The van der Waals surface area contributed by atoms with Gasteiger partial charge in [0.1, 0.15) is 22.8 Å². The Kier molecular flexibility index (Phi) is 5.78. The van der Waals surface area contributed by atoms with Gasteiger partial charge in [0.05, 0.1) is 26.4 Å². The van der Waals surface area contributed by atoms with Crippen LogP contribution in [0.4, 0.5) is 0 Å². The minimum absolute atomic E-state index is 0.276. The van der Waals surface area contributed by atoms with E-state index in [0.717, 1.165) is 0 Å². The fraction of sp³-hybridized carbons (Fsp3) is 0.222. The molecule has 0 bridgehead atoms. The van der Waals surface area contributed by atoms with Gasteiger partial charge in [-0.15, -0.1) is 0 Å². The molecule has 0 heterocycles. The molecule has 0 atom stereocenters. The number of benzene rings is 2. The van der Waals surface area contributed by atoms with E-state index in [1.54, 1.807) is 18.2 Å². The van der Waals surface area contributed by atoms with Gasteiger partial charge >= 0.3 is 11.9 Å². The molecule has 2 aromatic carbocycles. The second-order valence-electron chi connectivity index (χ2n) is 4.70. The van der Waals surface area contributed by atoms with E-state index in [2.05, 4.69) is 4.74 Å². The molecule has 0 aromatic heterocycles. The fourth-order valence-electron chi connectivity index (χ4n) is 2.04. The second-order valence-corrected chi connectivity index (χ2v) is 4.70. The van der Waals surface area contributed by atoms with Gasteiger partial charge in [-0.3, -0.25) is 0 Å². The summed E-state index contributed by atoms with van der Waals surface area (Å²) >= 11 is 0. The first-order valence-corrected chi connectivity index (χ1v) is 7.30. The zero-order chi connectivity index (χ0) is 17.5. The van der Waals surface area contributed by atoms with Gasteiger partial charge in [0.15, 0.2) is 0 Å². The van der Waals surface area contributed by atoms with Crippen molar-refractivity contribution in [2.75, 3.05) is 20.8 Å². The number of hydrogen-bond acceptors (Lipinski definition) is 6. The molecule has 0 aliphatic carbocycles. The van der Waals surface area contributed by atoms with Crippen molar-refractivity contribution in [1.29, 1.82) is 0 Å². The zero-order valence-electron chi connectivity index (χ0n) is 13.7. The summed E-state index contributed by atoms with van der Waals surface area (Å²) in [5.41, 5.74) is 0.647. The second kappa shape index (κ2) is 8.01. The highest BCUT2D eigenvalue weighted by Gasteiger charge is 2.16. The maximum absolute atomic E-state index is 12.3. The normalized spacial score (nSPS) is 9.96. The summed E-state index contributed by atoms with van der Waals surface area (Å²) in [5.74, 6) is 0.246. The van der Waals surface area contributed by atoms with Crippen LogP contribution in [0.25, 0.3) is 0 Å². The number of rotatable bonds is 6. The standard InChI is InChI=1S/C18H18O6/c1-4-23-14-9-10-15(16(11-14)21-2)18(20)24-13-7-5-12(6-8-13)17(19)22-3/h5-11H,4H2,1-3H3. The topological polar surface area (TPSA) is 71.1 Å². The predicted molar refractivity (Wildman–Crippen MR) is 86.9 cm³/mol. The van der Waals surface area contributed by atoms with Crippen LogP contribution in [-0.2, 0) is 4.74 Å². The summed E-state index contributed by atoms with van der Waals surface area (Å²) < 4.78 is 20.5. The van der Waals surface area contributed by atoms with Gasteiger partial charge in [-0.2, -0.15) is 0 Å². The van der Waals surface area contributed by atoms with E-state index in [4.69, 9.17) is 14.2 Å². The summed E-state index contributed by atoms with van der Waals surface area (Å²) in [6.07, 6.45) is 0. The van der Waals surface area contributed by atoms with Crippen LogP contribution in [0.1, 0.15) is 27.6 Å². The molecule has 2 rings (SSSR count). The molecule has 0 fully saturated rings. The number of hydrogen-bond donors (Lipinski definition) is 0. The van der Waals surface area contributed by atoms with Crippen LogP contribution in [0, 0.1) is 0 Å². The molecule has 0 saturated carbocycles. The van der Waals surface area contributed by atoms with E-state index in [1.807, 2.05) is 6.92 Å². The van der Waals surface area contributed by atoms with Gasteiger partial charge < -0.3 is 18.9 Å². The van der Waals surface area contributed by atoms with Crippen LogP contribution in [0.15, 0.2) is 42.5 Å². The maximum atomic E-state index is 12.3. The third-order valence-electron chi connectivity index (χ3n) is 3.19. The Labute approximate surface area is 139 Å². The van der Waals surface area contributed by atoms with Gasteiger partial charge in [-0.25, -0.2) is 9.59 Å². The lowest BCUT2D eigenvalue weighted by atomic mass is 10.2. The van der Waals surface area contributed by atoms with E-state index >= 15 is 0 Å². The average Bonchev–Trinajstić information content (AvgIpc) is 2.61. The Hall–Kier alpha value is -3.02. The molecule has 24 heavy (non-hydrogen) atoms. The molecule has 0 unspecified atom stereocenters. The Bertz CT molecular complexity index is 721. The molecule has 0 amide bonds. The molecule has 6 heteroatoms. The molecular formula is C18H18O6. The van der Waals surface area contributed by atoms with Crippen molar-refractivity contribution in [3.05, 3.63) is 53.6 Å². The zero-order valence-corrected chi connectivity index (χ0v) is 13.7. The summed E-state index contributed by atoms with van der Waals surface area (Å²) in [6, 6.07) is 10.9. The maximum Gasteiger partial charge on any atom is 0.347 e. The minimum Gasteiger partial charge on any atom is -0.496 e. The van der Waals surface area contributed by atoms with Crippen LogP contribution in [-0.4, -0.2) is 32.8 Å². The van der Waals surface area contributed by atoms with E-state index < -0.39 is 11.9 Å². The van der Waals surface area contributed by atoms with Crippen molar-refractivity contribution in [2.24, 2.45) is 0 Å². The largest absolute Gasteiger partial charge is 0.496 e. The molecule has 6 nitrogen and oxygen atoms in total. The molecule has 0 radical (unpaired) electrons. The first-order valence-electron chi connectivity index (χ1n) is 7.30. The SMILES string of the molecule is CCOc1ccc(C(=O)Oc2ccc(C(=O)OC)cc2)c(OC)c1. The summed E-state index contributed by atoms with van der Waals surface area (Å²) in [4.78, 5) is 23.7. The molecular weight excluding hydrogens is 312 g/mol. The van der Waals surface area contributed by atoms with E-state index in [-0.39, 0.29) is 5.56 Å². The van der Waals surface area contributed by atoms with Gasteiger partial charge in [-0.05, 0) is 43.3 Å². The van der Waals surface area contributed by atoms with Crippen LogP contribution >= 0.6 is 0 Å². The first kappa shape index (κ1) is 17.3. The number of carbonyl (C=O) groups excluding carboxylic acids is 2. The molecule has 0 spiro atoms. The van der Waals surface area contributed by atoms with Crippen LogP contribution < -0.4 is 14.2 Å². The van der Waals surface area contributed by atoms with Crippen LogP contribution in [0.5, 0.6) is 17.2 Å². The average molecular weight is 330 g/mol. The molecule has 0 aliphatic heterocycles. The third kappa shape index (κ3) is 4.04. The van der Waals surface area contributed by atoms with Crippen molar-refractivity contribution in [2.45, 2.75) is 6.92 Å². The number of methoxy groups -OCH3 is 2. The first-order chi connectivity index (χ1) is 11.6. The number of carbonyl (C=O) groups is 2. The van der Waals surface area contributed by atoms with Crippen molar-refractivity contribution in [3.63, 3.8) is 0 Å². The lowest BCUT2D eigenvalue weighted by Crippen LogP contribution is -2.10. The third-order valence-corrected chi connectivity index (χ3v) is 3.19. The lowest BCUT2D eigenvalue weighted by Gasteiger charge is -2.11. The highest BCUT2D eigenvalue weighted by Crippen LogP contribution is 2.26. The summed E-state index contributed by atoms with van der Waals surface area (Å²) in [6.45, 7) is 2.38. The number of esters is 2. The van der Waals surface area contributed by atoms with Crippen LogP contribution in [0.2, 0.25) is 0 Å². The molecule has 0 aliphatic rings. The highest BCUT2D eigenvalue weighted by molar-refractivity contribution is 5.94. The Morgan fingerprint density at radius 1 is 0.917 bits per heavy atom. The van der Waals surface area contributed by atoms with Crippen molar-refractivity contribution < 1.29 is 28.5 Å². The van der Waals surface area contributed by atoms with Gasteiger partial charge in [-0.1, -0.05) is 0 Å². The van der Waals surface area contributed by atoms with Gasteiger partial charge in [0.2, 0.25) is 0 Å². The molecule has 0 N–H and O–H groups in total. The van der Waals surface area contributed by atoms with Crippen molar-refractivity contribution >= 4 is 11.9 Å². The minimum atomic E-state index is -0.569. The lowest BCUT2D eigenvalue weighted by molar-refractivity contribution is 0.0600. The molecule has 0 saturated heterocycles. The Morgan fingerprint density at radius 3 is 2.17 bits per heavy atom. The highest BCUT2D eigenvalue weighted by atomic mass is 16.5. The Morgan fingerprint density at radius 2 is 1.58 bits per heavy atom. The van der Waals surface area contributed by atoms with E-state index in [0.29, 0.717) is 29.4 Å². The van der Waals surface area contributed by atoms with Gasteiger partial charge in [0.25, 0.3) is 0 Å². The van der Waals surface area contributed by atoms with Crippen LogP contribution in [0.3, 0.4) is 0 Å². The smallest absolute Gasteiger partial charge is 0.347 e. The molecule has 126 valence electrons. The Balaban J connectivity index is 2.16. The fourth-order valence-corrected chi connectivity index (χ4v) is 2.04. The predicted octanol–water partition coefficient (Wildman–Crippen LogP) is 3.10. The monoisotopic (exact) mass is 330 g/mol. The number of ether oxygens (including phenoxy) is 4. The summed E-state index contributed by atoms with van der Waals surface area (Å²) in [7, 11) is 2.77. The van der Waals surface area contributed by atoms with E-state index in [9.17, 15) is 9.59 Å². The van der Waals surface area contributed by atoms with E-state index in [1.165, 1.54) is 38.5 Å². The quantitative estimate of drug-likeness (QED) is 0.599.